The van der Waals surface area contributed by atoms with Crippen LogP contribution in [-0.4, -0.2) is 80.5 Å². The third-order valence-electron chi connectivity index (χ3n) is 9.68. The number of aryl methyl sites for hydroxylation is 1. The number of alkyl halides is 3. The summed E-state index contributed by atoms with van der Waals surface area (Å²) in [6.07, 6.45) is -3.55. The van der Waals surface area contributed by atoms with Crippen molar-refractivity contribution in [3.63, 3.8) is 0 Å². The minimum absolute atomic E-state index is 0.125. The molecule has 0 bridgehead atoms. The molecule has 3 aliphatic rings. The summed E-state index contributed by atoms with van der Waals surface area (Å²) < 4.78 is 56.3. The van der Waals surface area contributed by atoms with Gasteiger partial charge in [-0.25, -0.2) is 4.39 Å². The highest BCUT2D eigenvalue weighted by molar-refractivity contribution is 7.81. The summed E-state index contributed by atoms with van der Waals surface area (Å²) in [7, 11) is 0. The summed E-state index contributed by atoms with van der Waals surface area (Å²) in [5, 5.41) is 26.7. The zero-order valence-corrected chi connectivity index (χ0v) is 30.7. The van der Waals surface area contributed by atoms with Gasteiger partial charge in [-0.2, -0.15) is 18.4 Å². The zero-order valence-electron chi connectivity index (χ0n) is 29.9. The van der Waals surface area contributed by atoms with Gasteiger partial charge < -0.3 is 26.0 Å². The van der Waals surface area contributed by atoms with Gasteiger partial charge in [-0.1, -0.05) is 6.07 Å². The molecule has 2 atom stereocenters. The Morgan fingerprint density at radius 3 is 2.50 bits per heavy atom. The van der Waals surface area contributed by atoms with Crippen molar-refractivity contribution < 1.29 is 46.6 Å². The van der Waals surface area contributed by atoms with E-state index in [9.17, 15) is 42.3 Å². The summed E-state index contributed by atoms with van der Waals surface area (Å²) in [6.45, 7) is 3.36. The fraction of sp³-hybridized carbons (Fsp3) is 0.351. The number of aliphatic hydroxyl groups excluding tert-OH is 1. The maximum absolute atomic E-state index is 15.3. The summed E-state index contributed by atoms with van der Waals surface area (Å²) in [5.41, 5.74) is -3.36. The van der Waals surface area contributed by atoms with Crippen molar-refractivity contribution in [1.29, 1.82) is 5.26 Å². The molecule has 6 rings (SSSR count). The minimum Gasteiger partial charge on any atom is -0.383 e. The molecular formula is C37H34F4N8O6S. The lowest BCUT2D eigenvalue weighted by Crippen LogP contribution is -2.55. The van der Waals surface area contributed by atoms with Crippen LogP contribution in [0.4, 0.5) is 34.6 Å². The quantitative estimate of drug-likeness (QED) is 0.0958. The highest BCUT2D eigenvalue weighted by atomic mass is 32.1. The molecule has 5 amide bonds. The maximum Gasteiger partial charge on any atom is 0.420 e. The number of aromatic nitrogens is 1. The van der Waals surface area contributed by atoms with Gasteiger partial charge in [-0.3, -0.25) is 38.8 Å². The van der Waals surface area contributed by atoms with E-state index < -0.39 is 70.2 Å². The second-order valence-electron chi connectivity index (χ2n) is 13.7. The molecule has 2 saturated heterocycles. The number of aliphatic hydroxyl groups is 1. The van der Waals surface area contributed by atoms with E-state index in [1.54, 1.807) is 24.3 Å². The molecule has 0 saturated carbocycles. The minimum atomic E-state index is -5.20. The fourth-order valence-corrected chi connectivity index (χ4v) is 7.44. The normalized spacial score (nSPS) is 19.2. The second kappa shape index (κ2) is 15.3. The van der Waals surface area contributed by atoms with E-state index in [4.69, 9.17) is 17.5 Å². The number of carbonyl (C=O) groups excluding carboxylic acids is 5. The average molecular weight is 795 g/mol. The number of amides is 5. The Labute approximate surface area is 322 Å². The van der Waals surface area contributed by atoms with Crippen molar-refractivity contribution in [2.75, 3.05) is 28.2 Å². The van der Waals surface area contributed by atoms with Crippen LogP contribution >= 0.6 is 12.2 Å². The number of halogens is 4. The number of hydrogen-bond donors (Lipinski definition) is 4. The molecule has 3 aromatic rings. The Morgan fingerprint density at radius 2 is 1.84 bits per heavy atom. The van der Waals surface area contributed by atoms with Crippen molar-refractivity contribution in [1.82, 2.24) is 20.5 Å². The predicted molar refractivity (Wildman–Crippen MR) is 196 cm³/mol. The third-order valence-corrected chi connectivity index (χ3v) is 10.0. The van der Waals surface area contributed by atoms with E-state index in [2.05, 4.69) is 20.9 Å². The Bertz CT molecular complexity index is 2190. The van der Waals surface area contributed by atoms with Gasteiger partial charge in [0.15, 0.2) is 10.9 Å². The third kappa shape index (κ3) is 7.24. The maximum atomic E-state index is 15.3. The van der Waals surface area contributed by atoms with Crippen molar-refractivity contribution >= 4 is 63.9 Å². The SMILES string of the molecule is CC1(C)C(=O)N(c2ccc(C#N)c(C(F)(F)F)c2F)C(=S)N1c1ccc(CCCC(=O)NCCNc2cccc3c2C(=O)N(C2CCC(O)NC2=O)C3=O)nc1. The lowest BCUT2D eigenvalue weighted by atomic mass is 10.0. The number of fused-ring (bicyclic) bond motifs is 1. The molecule has 292 valence electrons. The standard InChI is InChI=1S/C37H34F4N8O6S/c1-36(2)34(55)48(24-12-9-19(17-42)29(30(24)38)37(39,40)41)35(56)49(36)21-11-10-20(45-18-21)5-3-8-26(50)44-16-15-43-23-7-4-6-22-28(23)33(54)47(32(22)53)25-13-14-27(51)46-31(25)52/h4,6-7,9-12,18,25,27,43,51H,3,5,8,13-16H2,1-2H3,(H,44,50)(H,46,52). The lowest BCUT2D eigenvalue weighted by molar-refractivity contribution is -0.140. The van der Waals surface area contributed by atoms with Crippen LogP contribution < -0.4 is 25.8 Å². The van der Waals surface area contributed by atoms with E-state index >= 15 is 4.39 Å². The van der Waals surface area contributed by atoms with E-state index in [0.717, 1.165) is 17.0 Å². The number of hydrogen-bond acceptors (Lipinski definition) is 10. The van der Waals surface area contributed by atoms with Gasteiger partial charge in [0.1, 0.15) is 23.4 Å². The number of nitrogens with one attached hydrogen (secondary N) is 3. The van der Waals surface area contributed by atoms with E-state index in [1.165, 1.54) is 37.1 Å². The van der Waals surface area contributed by atoms with E-state index in [1.807, 2.05) is 0 Å². The van der Waals surface area contributed by atoms with Crippen molar-refractivity contribution in [2.45, 2.75) is 69.9 Å². The van der Waals surface area contributed by atoms with Crippen molar-refractivity contribution in [3.05, 3.63) is 82.4 Å². The van der Waals surface area contributed by atoms with E-state index in [-0.39, 0.29) is 54.5 Å². The number of nitrogens with zero attached hydrogens (tertiary/aromatic N) is 5. The van der Waals surface area contributed by atoms with Crippen LogP contribution in [0.3, 0.4) is 0 Å². The zero-order chi connectivity index (χ0) is 40.7. The Morgan fingerprint density at radius 1 is 1.09 bits per heavy atom. The van der Waals surface area contributed by atoms with Crippen molar-refractivity contribution in [3.8, 4) is 6.07 Å². The summed E-state index contributed by atoms with van der Waals surface area (Å²) in [5.74, 6) is -4.68. The van der Waals surface area contributed by atoms with Crippen LogP contribution in [0.2, 0.25) is 0 Å². The number of anilines is 3. The van der Waals surface area contributed by atoms with Gasteiger partial charge in [0.2, 0.25) is 11.8 Å². The molecule has 2 unspecified atom stereocenters. The van der Waals surface area contributed by atoms with Crippen LogP contribution in [0.15, 0.2) is 48.7 Å². The number of rotatable bonds is 11. The summed E-state index contributed by atoms with van der Waals surface area (Å²) in [6, 6.07) is 9.93. The molecule has 14 nitrogen and oxygen atoms in total. The first kappa shape index (κ1) is 39.7. The first-order valence-electron chi connectivity index (χ1n) is 17.4. The molecule has 3 aliphatic heterocycles. The molecule has 56 heavy (non-hydrogen) atoms. The van der Waals surface area contributed by atoms with Gasteiger partial charge in [0.05, 0.1) is 40.3 Å². The number of pyridine rings is 1. The highest BCUT2D eigenvalue weighted by Crippen LogP contribution is 2.42. The number of imide groups is 1. The number of carbonyl (C=O) groups is 5. The lowest BCUT2D eigenvalue weighted by Gasteiger charge is -2.31. The van der Waals surface area contributed by atoms with Crippen molar-refractivity contribution in [2.24, 2.45) is 0 Å². The molecule has 4 heterocycles. The number of thiocarbonyl (C=S) groups is 1. The number of nitriles is 1. The molecule has 2 aromatic carbocycles. The smallest absolute Gasteiger partial charge is 0.383 e. The Balaban J connectivity index is 1.01. The van der Waals surface area contributed by atoms with E-state index in [0.29, 0.717) is 34.8 Å². The van der Waals surface area contributed by atoms with Gasteiger partial charge in [0.25, 0.3) is 17.7 Å². The van der Waals surface area contributed by atoms with Crippen LogP contribution in [0.5, 0.6) is 0 Å². The molecule has 0 spiro atoms. The first-order chi connectivity index (χ1) is 26.5. The van der Waals surface area contributed by atoms with Gasteiger partial charge in [-0.15, -0.1) is 0 Å². The molecule has 19 heteroatoms. The molecule has 2 fully saturated rings. The van der Waals surface area contributed by atoms with Crippen LogP contribution in [0.1, 0.15) is 77.1 Å². The molecular weight excluding hydrogens is 761 g/mol. The molecule has 0 aliphatic carbocycles. The number of piperidine rings is 1. The topological polar surface area (TPSA) is 188 Å². The van der Waals surface area contributed by atoms with Crippen LogP contribution in [-0.2, 0) is 27.0 Å². The Hall–Kier alpha value is -6.00. The first-order valence-corrected chi connectivity index (χ1v) is 17.8. The number of benzene rings is 2. The summed E-state index contributed by atoms with van der Waals surface area (Å²) >= 11 is 5.47. The molecule has 0 radical (unpaired) electrons. The van der Waals surface area contributed by atoms with Gasteiger partial charge in [0, 0.05) is 30.9 Å². The molecule has 4 N–H and O–H groups in total. The summed E-state index contributed by atoms with van der Waals surface area (Å²) in [4.78, 5) is 72.1. The average Bonchev–Trinajstić information content (AvgIpc) is 3.49. The largest absolute Gasteiger partial charge is 0.420 e. The fourth-order valence-electron chi connectivity index (χ4n) is 6.92. The monoisotopic (exact) mass is 794 g/mol. The van der Waals surface area contributed by atoms with Gasteiger partial charge in [-0.05, 0) is 88.1 Å². The Kier molecular flexibility index (Phi) is 10.8. The van der Waals surface area contributed by atoms with Crippen LogP contribution in [0, 0.1) is 17.1 Å². The highest BCUT2D eigenvalue weighted by Gasteiger charge is 2.52. The second-order valence-corrected chi connectivity index (χ2v) is 14.1. The van der Waals surface area contributed by atoms with Gasteiger partial charge >= 0.3 is 6.18 Å². The molecule has 1 aromatic heterocycles. The van der Waals surface area contributed by atoms with Crippen LogP contribution in [0.25, 0.3) is 0 Å². The predicted octanol–water partition coefficient (Wildman–Crippen LogP) is 3.77.